The Morgan fingerprint density at radius 1 is 1.41 bits per heavy atom. The lowest BCUT2D eigenvalue weighted by Crippen LogP contribution is -2.34. The van der Waals surface area contributed by atoms with E-state index in [-0.39, 0.29) is 0 Å². The van der Waals surface area contributed by atoms with E-state index < -0.39 is 0 Å². The fourth-order valence-corrected chi connectivity index (χ4v) is 2.66. The van der Waals surface area contributed by atoms with E-state index in [1.54, 1.807) is 6.07 Å². The minimum Gasteiger partial charge on any atom is -0.242 e. The molecule has 1 aliphatic rings. The first kappa shape index (κ1) is 10.3. The molecule has 17 heavy (non-hydrogen) atoms. The summed E-state index contributed by atoms with van der Waals surface area (Å²) in [5.41, 5.74) is 2.92. The van der Waals surface area contributed by atoms with Crippen LogP contribution in [0.25, 0.3) is 11.0 Å². The molecule has 1 fully saturated rings. The zero-order chi connectivity index (χ0) is 12.0. The Kier molecular flexibility index (Phi) is 1.99. The van der Waals surface area contributed by atoms with E-state index in [2.05, 4.69) is 30.2 Å². The Balaban J connectivity index is 2.03. The summed E-state index contributed by atoms with van der Waals surface area (Å²) in [7, 11) is 0. The van der Waals surface area contributed by atoms with Crippen molar-refractivity contribution in [3.05, 3.63) is 23.8 Å². The summed E-state index contributed by atoms with van der Waals surface area (Å²) < 4.78 is 1.97. The zero-order valence-electron chi connectivity index (χ0n) is 10.0. The lowest BCUT2D eigenvalue weighted by Gasteiger charge is -2.42. The first-order valence-electron chi connectivity index (χ1n) is 5.84. The first-order valence-corrected chi connectivity index (χ1v) is 5.84. The number of rotatable bonds is 1. The van der Waals surface area contributed by atoms with E-state index in [0.717, 1.165) is 23.9 Å². The van der Waals surface area contributed by atoms with Crippen LogP contribution in [-0.2, 0) is 0 Å². The number of fused-ring (bicyclic) bond motifs is 1. The molecule has 0 N–H and O–H groups in total. The highest BCUT2D eigenvalue weighted by Crippen LogP contribution is 2.48. The monoisotopic (exact) mass is 226 g/mol. The molecule has 0 aliphatic heterocycles. The maximum absolute atomic E-state index is 8.92. The van der Waals surface area contributed by atoms with Crippen molar-refractivity contribution in [3.63, 3.8) is 0 Å². The van der Waals surface area contributed by atoms with Crippen LogP contribution in [0.2, 0.25) is 0 Å². The lowest BCUT2D eigenvalue weighted by molar-refractivity contribution is 0.0966. The molecule has 0 radical (unpaired) electrons. The van der Waals surface area contributed by atoms with Gasteiger partial charge in [0.25, 0.3) is 0 Å². The third kappa shape index (κ3) is 1.59. The molecule has 1 aliphatic carbocycles. The molecule has 0 spiro atoms. The molecule has 3 rings (SSSR count). The molecule has 1 aromatic heterocycles. The molecule has 0 bridgehead atoms. The summed E-state index contributed by atoms with van der Waals surface area (Å²) in [6.45, 7) is 4.53. The average Bonchev–Trinajstić information content (AvgIpc) is 2.67. The molecule has 0 amide bonds. The van der Waals surface area contributed by atoms with Gasteiger partial charge in [0.2, 0.25) is 0 Å². The topological polar surface area (TPSA) is 54.5 Å². The van der Waals surface area contributed by atoms with Gasteiger partial charge in [-0.3, -0.25) is 0 Å². The second kappa shape index (κ2) is 3.30. The van der Waals surface area contributed by atoms with Gasteiger partial charge >= 0.3 is 0 Å². The molecule has 0 unspecified atom stereocenters. The molecule has 4 nitrogen and oxygen atoms in total. The molecule has 1 aromatic carbocycles. The number of hydrogen-bond acceptors (Lipinski definition) is 3. The first-order chi connectivity index (χ1) is 8.09. The highest BCUT2D eigenvalue weighted by Gasteiger charge is 2.38. The number of benzene rings is 1. The molecular weight excluding hydrogens is 212 g/mol. The largest absolute Gasteiger partial charge is 0.242 e. The summed E-state index contributed by atoms with van der Waals surface area (Å²) >= 11 is 0. The van der Waals surface area contributed by atoms with Crippen molar-refractivity contribution in [2.75, 3.05) is 0 Å². The fraction of sp³-hybridized carbons (Fsp3) is 0.462. The van der Waals surface area contributed by atoms with Gasteiger partial charge in [-0.2, -0.15) is 5.26 Å². The Bertz CT molecular complexity index is 610. The third-order valence-electron chi connectivity index (χ3n) is 3.52. The molecule has 1 saturated carbocycles. The van der Waals surface area contributed by atoms with Crippen LogP contribution in [0.4, 0.5) is 0 Å². The van der Waals surface area contributed by atoms with Crippen LogP contribution >= 0.6 is 0 Å². The minimum absolute atomic E-state index is 0.412. The highest BCUT2D eigenvalue weighted by molar-refractivity contribution is 5.76. The number of aromatic nitrogens is 3. The third-order valence-corrected chi connectivity index (χ3v) is 3.52. The Hall–Kier alpha value is -1.89. The van der Waals surface area contributed by atoms with E-state index in [4.69, 9.17) is 5.26 Å². The van der Waals surface area contributed by atoms with Crippen molar-refractivity contribution in [2.45, 2.75) is 32.7 Å². The van der Waals surface area contributed by atoms with Crippen molar-refractivity contribution in [3.8, 4) is 6.07 Å². The quantitative estimate of drug-likeness (QED) is 0.751. The van der Waals surface area contributed by atoms with E-state index >= 15 is 0 Å². The van der Waals surface area contributed by atoms with Gasteiger partial charge in [0, 0.05) is 0 Å². The smallest absolute Gasteiger partial charge is 0.113 e. The van der Waals surface area contributed by atoms with Crippen molar-refractivity contribution in [1.82, 2.24) is 15.0 Å². The average molecular weight is 226 g/mol. The molecular formula is C13H14N4. The normalized spacial score (nSPS) is 18.9. The number of nitrogens with zero attached hydrogens (tertiary/aromatic N) is 4. The van der Waals surface area contributed by atoms with Gasteiger partial charge in [0.1, 0.15) is 5.52 Å². The van der Waals surface area contributed by atoms with Gasteiger partial charge in [-0.1, -0.05) is 19.1 Å². The Morgan fingerprint density at radius 3 is 2.82 bits per heavy atom. The lowest BCUT2D eigenvalue weighted by atomic mass is 9.68. The molecule has 4 heteroatoms. The SMILES string of the molecule is CC1(C)CC(n2nnc3ccc(C#N)cc32)C1. The van der Waals surface area contributed by atoms with Crippen LogP contribution in [-0.4, -0.2) is 15.0 Å². The predicted octanol–water partition coefficient (Wildman–Crippen LogP) is 2.66. The van der Waals surface area contributed by atoms with Crippen LogP contribution in [0.1, 0.15) is 38.3 Å². The van der Waals surface area contributed by atoms with E-state index in [1.807, 2.05) is 16.8 Å². The van der Waals surface area contributed by atoms with Gasteiger partial charge in [-0.25, -0.2) is 4.68 Å². The second-order valence-electron chi connectivity index (χ2n) is 5.58. The maximum atomic E-state index is 8.92. The molecule has 1 heterocycles. The van der Waals surface area contributed by atoms with Crippen molar-refractivity contribution in [1.29, 1.82) is 5.26 Å². The van der Waals surface area contributed by atoms with Crippen molar-refractivity contribution < 1.29 is 0 Å². The van der Waals surface area contributed by atoms with E-state index in [0.29, 0.717) is 17.0 Å². The minimum atomic E-state index is 0.412. The predicted molar refractivity (Wildman–Crippen MR) is 64.3 cm³/mol. The number of hydrogen-bond donors (Lipinski definition) is 0. The van der Waals surface area contributed by atoms with Crippen LogP contribution in [0.15, 0.2) is 18.2 Å². The van der Waals surface area contributed by atoms with Crippen LogP contribution in [0, 0.1) is 16.7 Å². The van der Waals surface area contributed by atoms with Gasteiger partial charge in [-0.15, -0.1) is 5.10 Å². The molecule has 86 valence electrons. The Labute approximate surface area is 99.8 Å². The van der Waals surface area contributed by atoms with Crippen molar-refractivity contribution >= 4 is 11.0 Å². The van der Waals surface area contributed by atoms with Crippen LogP contribution in [0.3, 0.4) is 0 Å². The Morgan fingerprint density at radius 2 is 2.18 bits per heavy atom. The summed E-state index contributed by atoms with van der Waals surface area (Å²) in [5, 5.41) is 17.3. The van der Waals surface area contributed by atoms with Gasteiger partial charge in [0.05, 0.1) is 23.2 Å². The summed E-state index contributed by atoms with van der Waals surface area (Å²) in [6, 6.07) is 8.11. The molecule has 0 saturated heterocycles. The van der Waals surface area contributed by atoms with Gasteiger partial charge in [-0.05, 0) is 36.5 Å². The van der Waals surface area contributed by atoms with Crippen LogP contribution in [0.5, 0.6) is 0 Å². The molecule has 2 aromatic rings. The zero-order valence-corrected chi connectivity index (χ0v) is 10.0. The summed E-state index contributed by atoms with van der Waals surface area (Å²) in [4.78, 5) is 0. The fourth-order valence-electron chi connectivity index (χ4n) is 2.66. The standard InChI is InChI=1S/C13H14N4/c1-13(2)6-10(7-13)17-12-5-9(8-14)3-4-11(12)15-16-17/h3-5,10H,6-7H2,1-2H3. The summed E-state index contributed by atoms with van der Waals surface area (Å²) in [6.07, 6.45) is 2.25. The van der Waals surface area contributed by atoms with E-state index in [1.165, 1.54) is 0 Å². The van der Waals surface area contributed by atoms with Crippen LogP contribution < -0.4 is 0 Å². The number of nitriles is 1. The van der Waals surface area contributed by atoms with Gasteiger partial charge < -0.3 is 0 Å². The molecule has 0 atom stereocenters. The van der Waals surface area contributed by atoms with Crippen molar-refractivity contribution in [2.24, 2.45) is 5.41 Å². The van der Waals surface area contributed by atoms with Gasteiger partial charge in [0.15, 0.2) is 0 Å². The van der Waals surface area contributed by atoms with E-state index in [9.17, 15) is 0 Å². The highest BCUT2D eigenvalue weighted by atomic mass is 15.4. The maximum Gasteiger partial charge on any atom is 0.113 e. The second-order valence-corrected chi connectivity index (χ2v) is 5.58. The summed E-state index contributed by atoms with van der Waals surface area (Å²) in [5.74, 6) is 0.